The summed E-state index contributed by atoms with van der Waals surface area (Å²) in [5.74, 6) is 0.319. The van der Waals surface area contributed by atoms with Crippen LogP contribution in [0.1, 0.15) is 27.0 Å². The minimum Gasteiger partial charge on any atom is -0.497 e. The molecule has 2 aromatic rings. The van der Waals surface area contributed by atoms with Gasteiger partial charge in [-0.05, 0) is 50.4 Å². The van der Waals surface area contributed by atoms with E-state index in [4.69, 9.17) is 4.74 Å². The van der Waals surface area contributed by atoms with Gasteiger partial charge in [0, 0.05) is 18.2 Å². The van der Waals surface area contributed by atoms with E-state index in [0.717, 1.165) is 0 Å². The molecule has 0 saturated carbocycles. The molecule has 0 aliphatic heterocycles. The fraction of sp³-hybridized carbons (Fsp3) is 0.294. The van der Waals surface area contributed by atoms with Gasteiger partial charge < -0.3 is 20.7 Å². The van der Waals surface area contributed by atoms with Crippen LogP contribution < -0.4 is 20.7 Å². The minimum absolute atomic E-state index is 0. The normalized spacial score (nSPS) is 11.2. The van der Waals surface area contributed by atoms with E-state index in [2.05, 4.69) is 16.0 Å². The molecule has 0 saturated heterocycles. The lowest BCUT2D eigenvalue weighted by Gasteiger charge is -2.10. The molecule has 0 radical (unpaired) electrons. The number of likely N-dealkylation sites (N-methyl/N-ethyl adjacent to an activating group) is 1. The third kappa shape index (κ3) is 6.04. The van der Waals surface area contributed by atoms with Crippen molar-refractivity contribution in [2.45, 2.75) is 13.0 Å². The van der Waals surface area contributed by atoms with E-state index in [1.807, 2.05) is 14.0 Å². The number of nitrogens with one attached hydrogen (secondary N) is 3. The first-order valence-electron chi connectivity index (χ1n) is 7.54. The van der Waals surface area contributed by atoms with Gasteiger partial charge >= 0.3 is 0 Å². The van der Waals surface area contributed by atoms with Gasteiger partial charge in [-0.25, -0.2) is 0 Å². The van der Waals surface area contributed by atoms with Crippen molar-refractivity contribution in [3.05, 3.63) is 46.8 Å². The van der Waals surface area contributed by atoms with Crippen LogP contribution in [0.2, 0.25) is 0 Å². The molecular weight excluding hydrogens is 362 g/mol. The van der Waals surface area contributed by atoms with Crippen molar-refractivity contribution in [2.75, 3.05) is 26.0 Å². The number of benzene rings is 1. The summed E-state index contributed by atoms with van der Waals surface area (Å²) in [6.07, 6.45) is 0. The van der Waals surface area contributed by atoms with Crippen molar-refractivity contribution in [1.29, 1.82) is 0 Å². The van der Waals surface area contributed by atoms with Gasteiger partial charge in [0.25, 0.3) is 11.8 Å². The second-order valence-corrected chi connectivity index (χ2v) is 6.33. The lowest BCUT2D eigenvalue weighted by atomic mass is 10.2. The Bertz CT molecular complexity index is 703. The molecular formula is C17H22ClN3O3S. The zero-order valence-electron chi connectivity index (χ0n) is 14.3. The third-order valence-corrected chi connectivity index (χ3v) is 4.48. The molecule has 136 valence electrons. The zero-order valence-corrected chi connectivity index (χ0v) is 15.9. The van der Waals surface area contributed by atoms with Crippen molar-refractivity contribution in [3.8, 4) is 5.75 Å². The van der Waals surface area contributed by atoms with Crippen LogP contribution in [-0.2, 0) is 0 Å². The van der Waals surface area contributed by atoms with Gasteiger partial charge in [0.05, 0.1) is 17.0 Å². The Hall–Kier alpha value is -2.09. The molecule has 1 atom stereocenters. The second kappa shape index (κ2) is 10.0. The molecule has 1 aromatic heterocycles. The number of thiophene rings is 1. The molecule has 3 N–H and O–H groups in total. The molecule has 1 heterocycles. The standard InChI is InChI=1S/C17H21N3O3S.ClH/c1-11(18-2)10-19-17(22)14-8-9-15(24-14)20-16(21)12-4-6-13(23-3)7-5-12;/h4-9,11,18H,10H2,1-3H3,(H,19,22)(H,20,21);1H. The van der Waals surface area contributed by atoms with Gasteiger partial charge in [-0.1, -0.05) is 0 Å². The summed E-state index contributed by atoms with van der Waals surface area (Å²) in [5, 5.41) is 9.32. The van der Waals surface area contributed by atoms with E-state index in [1.54, 1.807) is 43.5 Å². The van der Waals surface area contributed by atoms with Crippen LogP contribution in [-0.4, -0.2) is 38.6 Å². The van der Waals surface area contributed by atoms with E-state index in [0.29, 0.717) is 27.7 Å². The summed E-state index contributed by atoms with van der Waals surface area (Å²) >= 11 is 1.24. The van der Waals surface area contributed by atoms with Crippen molar-refractivity contribution in [2.24, 2.45) is 0 Å². The van der Waals surface area contributed by atoms with Gasteiger partial charge in [-0.15, -0.1) is 23.7 Å². The Morgan fingerprint density at radius 1 is 1.12 bits per heavy atom. The molecule has 2 rings (SSSR count). The molecule has 0 fully saturated rings. The fourth-order valence-corrected chi connectivity index (χ4v) is 2.71. The third-order valence-electron chi connectivity index (χ3n) is 3.48. The summed E-state index contributed by atoms with van der Waals surface area (Å²) in [7, 11) is 3.42. The zero-order chi connectivity index (χ0) is 17.5. The molecule has 2 amide bonds. The highest BCUT2D eigenvalue weighted by Crippen LogP contribution is 2.23. The maximum Gasteiger partial charge on any atom is 0.261 e. The van der Waals surface area contributed by atoms with Crippen molar-refractivity contribution < 1.29 is 14.3 Å². The summed E-state index contributed by atoms with van der Waals surface area (Å²) in [6.45, 7) is 2.52. The molecule has 0 aliphatic carbocycles. The SMILES string of the molecule is CNC(C)CNC(=O)c1ccc(NC(=O)c2ccc(OC)cc2)s1.Cl. The Balaban J connectivity index is 0.00000312. The monoisotopic (exact) mass is 383 g/mol. The molecule has 0 aliphatic rings. The van der Waals surface area contributed by atoms with Crippen molar-refractivity contribution in [3.63, 3.8) is 0 Å². The highest BCUT2D eigenvalue weighted by molar-refractivity contribution is 7.18. The minimum atomic E-state index is -0.227. The molecule has 8 heteroatoms. The summed E-state index contributed by atoms with van der Waals surface area (Å²) < 4.78 is 5.07. The van der Waals surface area contributed by atoms with Crippen LogP contribution in [0.15, 0.2) is 36.4 Å². The van der Waals surface area contributed by atoms with Gasteiger partial charge in [-0.2, -0.15) is 0 Å². The number of ether oxygens (including phenoxy) is 1. The van der Waals surface area contributed by atoms with Crippen molar-refractivity contribution in [1.82, 2.24) is 10.6 Å². The number of halogens is 1. The van der Waals surface area contributed by atoms with Crippen LogP contribution in [0.4, 0.5) is 5.00 Å². The van der Waals surface area contributed by atoms with E-state index in [9.17, 15) is 9.59 Å². The van der Waals surface area contributed by atoms with E-state index < -0.39 is 0 Å². The quantitative estimate of drug-likeness (QED) is 0.686. The van der Waals surface area contributed by atoms with Crippen LogP contribution in [0.25, 0.3) is 0 Å². The van der Waals surface area contributed by atoms with Crippen molar-refractivity contribution >= 4 is 40.6 Å². The molecule has 6 nitrogen and oxygen atoms in total. The van der Waals surface area contributed by atoms with Crippen LogP contribution >= 0.6 is 23.7 Å². The Morgan fingerprint density at radius 2 is 1.80 bits per heavy atom. The molecule has 1 unspecified atom stereocenters. The molecule has 0 bridgehead atoms. The van der Waals surface area contributed by atoms with Gasteiger partial charge in [0.15, 0.2) is 0 Å². The Morgan fingerprint density at radius 3 is 2.40 bits per heavy atom. The number of hydrogen-bond donors (Lipinski definition) is 3. The first-order valence-corrected chi connectivity index (χ1v) is 8.36. The number of anilines is 1. The maximum atomic E-state index is 12.2. The second-order valence-electron chi connectivity index (χ2n) is 5.25. The summed E-state index contributed by atoms with van der Waals surface area (Å²) in [6, 6.07) is 10.5. The Kier molecular flexibility index (Phi) is 8.40. The van der Waals surface area contributed by atoms with Crippen LogP contribution in [0.5, 0.6) is 5.75 Å². The highest BCUT2D eigenvalue weighted by Gasteiger charge is 2.12. The number of methoxy groups -OCH3 is 1. The molecule has 25 heavy (non-hydrogen) atoms. The number of hydrogen-bond acceptors (Lipinski definition) is 5. The predicted octanol–water partition coefficient (Wildman–Crippen LogP) is 2.77. The predicted molar refractivity (Wildman–Crippen MR) is 103 cm³/mol. The van der Waals surface area contributed by atoms with E-state index in [1.165, 1.54) is 11.3 Å². The first-order chi connectivity index (χ1) is 11.5. The number of carbonyl (C=O) groups is 2. The lowest BCUT2D eigenvalue weighted by Crippen LogP contribution is -2.36. The van der Waals surface area contributed by atoms with E-state index >= 15 is 0 Å². The average Bonchev–Trinajstić information content (AvgIpc) is 3.07. The number of carbonyl (C=O) groups excluding carboxylic acids is 2. The Labute approximate surface area is 157 Å². The highest BCUT2D eigenvalue weighted by atomic mass is 35.5. The molecule has 1 aromatic carbocycles. The maximum absolute atomic E-state index is 12.2. The first kappa shape index (κ1) is 21.0. The number of rotatable bonds is 7. The smallest absolute Gasteiger partial charge is 0.261 e. The number of amides is 2. The van der Waals surface area contributed by atoms with Gasteiger partial charge in [0.1, 0.15) is 5.75 Å². The lowest BCUT2D eigenvalue weighted by molar-refractivity contribution is 0.0953. The van der Waals surface area contributed by atoms with Gasteiger partial charge in [-0.3, -0.25) is 9.59 Å². The topological polar surface area (TPSA) is 79.5 Å². The van der Waals surface area contributed by atoms with Crippen LogP contribution in [0, 0.1) is 0 Å². The summed E-state index contributed by atoms with van der Waals surface area (Å²) in [5.41, 5.74) is 0.526. The van der Waals surface area contributed by atoms with Gasteiger partial charge in [0.2, 0.25) is 0 Å². The molecule has 0 spiro atoms. The summed E-state index contributed by atoms with van der Waals surface area (Å²) in [4.78, 5) is 24.8. The fourth-order valence-electron chi connectivity index (χ4n) is 1.89. The van der Waals surface area contributed by atoms with Crippen LogP contribution in [0.3, 0.4) is 0 Å². The average molecular weight is 384 g/mol. The largest absolute Gasteiger partial charge is 0.497 e. The van der Waals surface area contributed by atoms with E-state index in [-0.39, 0.29) is 30.3 Å².